The number of epoxide rings is 1. The number of nitriles is 1. The van der Waals surface area contributed by atoms with Crippen LogP contribution in [0.15, 0.2) is 18.2 Å². The Labute approximate surface area is 117 Å². The number of rotatable bonds is 7. The van der Waals surface area contributed by atoms with Gasteiger partial charge in [-0.15, -0.1) is 0 Å². The van der Waals surface area contributed by atoms with Crippen molar-refractivity contribution in [2.24, 2.45) is 5.92 Å². The van der Waals surface area contributed by atoms with Gasteiger partial charge in [0.25, 0.3) is 0 Å². The predicted molar refractivity (Wildman–Crippen MR) is 71.5 cm³/mol. The Morgan fingerprint density at radius 2 is 2.40 bits per heavy atom. The summed E-state index contributed by atoms with van der Waals surface area (Å²) in [5, 5.41) is 18.2. The number of carboxylic acid groups (broad SMARTS) is 1. The first-order valence-electron chi connectivity index (χ1n) is 6.64. The van der Waals surface area contributed by atoms with Crippen LogP contribution in [0, 0.1) is 17.2 Å². The second-order valence-corrected chi connectivity index (χ2v) is 4.86. The van der Waals surface area contributed by atoms with Crippen molar-refractivity contribution in [2.45, 2.75) is 25.9 Å². The fourth-order valence-electron chi connectivity index (χ4n) is 1.96. The van der Waals surface area contributed by atoms with Gasteiger partial charge in [-0.2, -0.15) is 5.26 Å². The molecule has 1 saturated heterocycles. The zero-order chi connectivity index (χ0) is 14.5. The van der Waals surface area contributed by atoms with E-state index in [0.29, 0.717) is 37.4 Å². The molecule has 0 radical (unpaired) electrons. The van der Waals surface area contributed by atoms with E-state index in [-0.39, 0.29) is 6.10 Å². The van der Waals surface area contributed by atoms with Gasteiger partial charge in [0.05, 0.1) is 18.1 Å². The fraction of sp³-hybridized carbons (Fsp3) is 0.467. The lowest BCUT2D eigenvalue weighted by molar-refractivity contribution is -0.141. The van der Waals surface area contributed by atoms with E-state index in [1.165, 1.54) is 0 Å². The number of benzene rings is 1. The van der Waals surface area contributed by atoms with Crippen LogP contribution < -0.4 is 4.74 Å². The highest BCUT2D eigenvalue weighted by molar-refractivity contribution is 5.70. The van der Waals surface area contributed by atoms with Crippen molar-refractivity contribution < 1.29 is 19.4 Å². The minimum absolute atomic E-state index is 0.137. The molecule has 0 amide bonds. The monoisotopic (exact) mass is 275 g/mol. The van der Waals surface area contributed by atoms with Crippen LogP contribution in [0.25, 0.3) is 0 Å². The molecular weight excluding hydrogens is 258 g/mol. The fourth-order valence-corrected chi connectivity index (χ4v) is 1.96. The van der Waals surface area contributed by atoms with Gasteiger partial charge in [-0.1, -0.05) is 13.0 Å². The lowest BCUT2D eigenvalue weighted by Crippen LogP contribution is -2.15. The second kappa shape index (κ2) is 6.40. The van der Waals surface area contributed by atoms with Gasteiger partial charge in [0.15, 0.2) is 0 Å². The van der Waals surface area contributed by atoms with Crippen molar-refractivity contribution >= 4 is 5.97 Å². The molecule has 0 saturated carbocycles. The number of hydrogen-bond acceptors (Lipinski definition) is 4. The molecule has 5 nitrogen and oxygen atoms in total. The van der Waals surface area contributed by atoms with Crippen LogP contribution in [-0.2, 0) is 16.0 Å². The molecule has 0 spiro atoms. The van der Waals surface area contributed by atoms with Crippen molar-refractivity contribution in [1.29, 1.82) is 5.26 Å². The van der Waals surface area contributed by atoms with Crippen LogP contribution in [0.2, 0.25) is 0 Å². The van der Waals surface area contributed by atoms with E-state index in [1.54, 1.807) is 12.1 Å². The Balaban J connectivity index is 2.07. The largest absolute Gasteiger partial charge is 0.489 e. The molecule has 1 fully saturated rings. The van der Waals surface area contributed by atoms with Gasteiger partial charge in [0.1, 0.15) is 24.5 Å². The van der Waals surface area contributed by atoms with Gasteiger partial charge < -0.3 is 14.6 Å². The van der Waals surface area contributed by atoms with Crippen molar-refractivity contribution in [1.82, 2.24) is 0 Å². The van der Waals surface area contributed by atoms with E-state index < -0.39 is 11.9 Å². The van der Waals surface area contributed by atoms with Crippen LogP contribution in [0.1, 0.15) is 24.5 Å². The number of aliphatic carboxylic acids is 1. The average Bonchev–Trinajstić information content (AvgIpc) is 3.26. The maximum atomic E-state index is 11.0. The Morgan fingerprint density at radius 1 is 1.65 bits per heavy atom. The van der Waals surface area contributed by atoms with Gasteiger partial charge in [-0.3, -0.25) is 4.79 Å². The van der Waals surface area contributed by atoms with Crippen molar-refractivity contribution in [3.8, 4) is 11.8 Å². The van der Waals surface area contributed by atoms with Gasteiger partial charge in [0.2, 0.25) is 0 Å². The third-order valence-corrected chi connectivity index (χ3v) is 3.32. The summed E-state index contributed by atoms with van der Waals surface area (Å²) in [5.41, 5.74) is 1.27. The summed E-state index contributed by atoms with van der Waals surface area (Å²) in [7, 11) is 0. The van der Waals surface area contributed by atoms with E-state index in [2.05, 4.69) is 6.07 Å². The normalized spacial score (nSPS) is 18.1. The first kappa shape index (κ1) is 14.4. The van der Waals surface area contributed by atoms with E-state index in [1.807, 2.05) is 13.0 Å². The van der Waals surface area contributed by atoms with Crippen molar-refractivity contribution in [3.63, 3.8) is 0 Å². The van der Waals surface area contributed by atoms with Gasteiger partial charge >= 0.3 is 5.97 Å². The summed E-state index contributed by atoms with van der Waals surface area (Å²) in [4.78, 5) is 11.0. The van der Waals surface area contributed by atoms with Gasteiger partial charge in [0, 0.05) is 0 Å². The number of carboxylic acids is 1. The molecule has 20 heavy (non-hydrogen) atoms. The quantitative estimate of drug-likeness (QED) is 0.769. The molecule has 1 N–H and O–H groups in total. The number of ether oxygens (including phenoxy) is 2. The van der Waals surface area contributed by atoms with Gasteiger partial charge in [-0.05, 0) is 30.5 Å². The van der Waals surface area contributed by atoms with Crippen LogP contribution in [0.5, 0.6) is 5.75 Å². The van der Waals surface area contributed by atoms with Crippen LogP contribution in [0.3, 0.4) is 0 Å². The third kappa shape index (κ3) is 3.72. The molecule has 0 bridgehead atoms. The molecule has 2 rings (SSSR count). The number of carbonyl (C=O) groups is 1. The SMILES string of the molecule is CCC(Cc1ccc(OC[C@H]2CO2)c(C#N)c1)C(=O)O. The predicted octanol–water partition coefficient (Wildman–Crippen LogP) is 1.99. The molecule has 0 aromatic heterocycles. The summed E-state index contributed by atoms with van der Waals surface area (Å²) in [6, 6.07) is 7.33. The molecule has 1 aromatic carbocycles. The molecule has 5 heteroatoms. The summed E-state index contributed by atoms with van der Waals surface area (Å²) < 4.78 is 10.6. The molecule has 0 aliphatic carbocycles. The molecule has 2 atom stereocenters. The molecule has 1 unspecified atom stereocenters. The average molecular weight is 275 g/mol. The standard InChI is InChI=1S/C15H17NO4/c1-2-11(15(17)18)5-10-3-4-14(12(6-10)7-16)20-9-13-8-19-13/h3-4,6,11,13H,2,5,8-9H2,1H3,(H,17,18)/t11?,13-/m1/s1. The molecule has 1 aromatic rings. The molecule has 1 heterocycles. The lowest BCUT2D eigenvalue weighted by Gasteiger charge is -2.12. The zero-order valence-electron chi connectivity index (χ0n) is 11.3. The second-order valence-electron chi connectivity index (χ2n) is 4.86. The van der Waals surface area contributed by atoms with E-state index >= 15 is 0 Å². The van der Waals surface area contributed by atoms with Crippen molar-refractivity contribution in [2.75, 3.05) is 13.2 Å². The Morgan fingerprint density at radius 3 is 2.95 bits per heavy atom. The molecule has 1 aliphatic heterocycles. The number of hydrogen-bond donors (Lipinski definition) is 1. The Kier molecular flexibility index (Phi) is 4.59. The van der Waals surface area contributed by atoms with Gasteiger partial charge in [-0.25, -0.2) is 0 Å². The minimum atomic E-state index is -0.808. The number of nitrogens with zero attached hydrogens (tertiary/aromatic N) is 1. The van der Waals surface area contributed by atoms with Crippen LogP contribution in [0.4, 0.5) is 0 Å². The minimum Gasteiger partial charge on any atom is -0.489 e. The van der Waals surface area contributed by atoms with E-state index in [9.17, 15) is 4.79 Å². The summed E-state index contributed by atoms with van der Waals surface area (Å²) in [5.74, 6) is -0.708. The summed E-state index contributed by atoms with van der Waals surface area (Å²) in [6.45, 7) is 2.99. The third-order valence-electron chi connectivity index (χ3n) is 3.32. The topological polar surface area (TPSA) is 82.8 Å². The smallest absolute Gasteiger partial charge is 0.306 e. The maximum Gasteiger partial charge on any atom is 0.306 e. The first-order valence-corrected chi connectivity index (χ1v) is 6.64. The molecule has 106 valence electrons. The lowest BCUT2D eigenvalue weighted by atomic mass is 9.96. The molecular formula is C15H17NO4. The maximum absolute atomic E-state index is 11.0. The summed E-state index contributed by atoms with van der Waals surface area (Å²) >= 11 is 0. The summed E-state index contributed by atoms with van der Waals surface area (Å²) in [6.07, 6.45) is 1.12. The van der Waals surface area contributed by atoms with E-state index in [4.69, 9.17) is 19.8 Å². The van der Waals surface area contributed by atoms with Crippen molar-refractivity contribution in [3.05, 3.63) is 29.3 Å². The zero-order valence-corrected chi connectivity index (χ0v) is 11.3. The highest BCUT2D eigenvalue weighted by atomic mass is 16.6. The van der Waals surface area contributed by atoms with Crippen LogP contribution in [-0.4, -0.2) is 30.4 Å². The molecule has 1 aliphatic rings. The van der Waals surface area contributed by atoms with Crippen LogP contribution >= 0.6 is 0 Å². The first-order chi connectivity index (χ1) is 9.63. The highest BCUT2D eigenvalue weighted by Crippen LogP contribution is 2.23. The Hall–Kier alpha value is -2.06. The van der Waals surface area contributed by atoms with E-state index in [0.717, 1.165) is 5.56 Å². The highest BCUT2D eigenvalue weighted by Gasteiger charge is 2.23. The Bertz CT molecular complexity index is 531.